The molecule has 0 saturated carbocycles. The minimum absolute atomic E-state index is 0.130. The molecule has 15 heavy (non-hydrogen) atoms. The van der Waals surface area contributed by atoms with E-state index in [0.29, 0.717) is 6.42 Å². The summed E-state index contributed by atoms with van der Waals surface area (Å²) in [5.74, 6) is -0.229. The Bertz CT molecular complexity index is 408. The highest BCUT2D eigenvalue weighted by Gasteiger charge is 2.09. The first-order valence-corrected chi connectivity index (χ1v) is 5.10. The Morgan fingerprint density at radius 3 is 2.53 bits per heavy atom. The maximum absolute atomic E-state index is 12.6. The molecule has 0 fully saturated rings. The minimum Gasteiger partial charge on any atom is -0.472 e. The van der Waals surface area contributed by atoms with Crippen molar-refractivity contribution >= 4 is 11.6 Å². The SMILES string of the molecule is Fc1ccc(CC(Cl)c2ccoc2)cc1. The first-order valence-electron chi connectivity index (χ1n) is 4.66. The number of hydrogen-bond donors (Lipinski definition) is 0. The molecule has 1 nitrogen and oxygen atoms in total. The predicted octanol–water partition coefficient (Wildman–Crippen LogP) is 3.94. The number of benzene rings is 1. The lowest BCUT2D eigenvalue weighted by atomic mass is 10.1. The van der Waals surface area contributed by atoms with Crippen LogP contribution in [-0.4, -0.2) is 0 Å². The van der Waals surface area contributed by atoms with E-state index in [1.807, 2.05) is 6.07 Å². The van der Waals surface area contributed by atoms with Crippen LogP contribution in [-0.2, 0) is 6.42 Å². The molecule has 0 radical (unpaired) electrons. The van der Waals surface area contributed by atoms with E-state index in [9.17, 15) is 4.39 Å². The van der Waals surface area contributed by atoms with E-state index in [2.05, 4.69) is 0 Å². The molecule has 0 aliphatic carbocycles. The Balaban J connectivity index is 2.06. The van der Waals surface area contributed by atoms with Crippen LogP contribution in [0.5, 0.6) is 0 Å². The third-order valence-corrected chi connectivity index (χ3v) is 2.64. The van der Waals surface area contributed by atoms with Crippen LogP contribution in [0.3, 0.4) is 0 Å². The number of hydrogen-bond acceptors (Lipinski definition) is 1. The lowest BCUT2D eigenvalue weighted by Gasteiger charge is -2.06. The summed E-state index contributed by atoms with van der Waals surface area (Å²) in [7, 11) is 0. The lowest BCUT2D eigenvalue weighted by Crippen LogP contribution is -1.94. The molecule has 1 aromatic heterocycles. The first kappa shape index (κ1) is 10.2. The zero-order valence-corrected chi connectivity index (χ0v) is 8.75. The summed E-state index contributed by atoms with van der Waals surface area (Å²) in [6.07, 6.45) is 3.89. The van der Waals surface area contributed by atoms with Gasteiger partial charge in [-0.1, -0.05) is 12.1 Å². The summed E-state index contributed by atoms with van der Waals surface area (Å²) in [5.41, 5.74) is 1.96. The van der Waals surface area contributed by atoms with E-state index in [4.69, 9.17) is 16.0 Å². The van der Waals surface area contributed by atoms with E-state index in [0.717, 1.165) is 11.1 Å². The van der Waals surface area contributed by atoms with Crippen molar-refractivity contribution < 1.29 is 8.81 Å². The van der Waals surface area contributed by atoms with E-state index in [1.165, 1.54) is 12.1 Å². The van der Waals surface area contributed by atoms with E-state index >= 15 is 0 Å². The fourth-order valence-corrected chi connectivity index (χ4v) is 1.70. The van der Waals surface area contributed by atoms with Gasteiger partial charge in [-0.3, -0.25) is 0 Å². The highest BCUT2D eigenvalue weighted by molar-refractivity contribution is 6.20. The number of rotatable bonds is 3. The number of alkyl halides is 1. The highest BCUT2D eigenvalue weighted by atomic mass is 35.5. The molecule has 0 aliphatic rings. The van der Waals surface area contributed by atoms with E-state index < -0.39 is 0 Å². The normalized spacial score (nSPS) is 12.7. The third-order valence-electron chi connectivity index (χ3n) is 2.23. The Morgan fingerprint density at radius 1 is 1.20 bits per heavy atom. The minimum atomic E-state index is -0.229. The van der Waals surface area contributed by atoms with Gasteiger partial charge in [-0.05, 0) is 30.2 Å². The second-order valence-electron chi connectivity index (χ2n) is 3.35. The first-order chi connectivity index (χ1) is 7.25. The monoisotopic (exact) mass is 224 g/mol. The fourth-order valence-electron chi connectivity index (χ4n) is 1.40. The average molecular weight is 225 g/mol. The third kappa shape index (κ3) is 2.60. The van der Waals surface area contributed by atoms with Gasteiger partial charge in [0, 0.05) is 5.56 Å². The van der Waals surface area contributed by atoms with Crippen molar-refractivity contribution in [2.75, 3.05) is 0 Å². The van der Waals surface area contributed by atoms with Crippen molar-refractivity contribution in [2.24, 2.45) is 0 Å². The van der Waals surface area contributed by atoms with Gasteiger partial charge in [0.15, 0.2) is 0 Å². The summed E-state index contributed by atoms with van der Waals surface area (Å²) < 4.78 is 17.6. The largest absolute Gasteiger partial charge is 0.472 e. The Hall–Kier alpha value is -1.28. The molecule has 3 heteroatoms. The molecule has 1 aromatic carbocycles. The summed E-state index contributed by atoms with van der Waals surface area (Å²) in [6, 6.07) is 8.19. The van der Waals surface area contributed by atoms with Crippen molar-refractivity contribution in [1.29, 1.82) is 0 Å². The Labute approximate surface area is 92.5 Å². The van der Waals surface area contributed by atoms with Crippen molar-refractivity contribution in [1.82, 2.24) is 0 Å². The number of furan rings is 1. The molecule has 0 spiro atoms. The van der Waals surface area contributed by atoms with Crippen LogP contribution in [0.4, 0.5) is 4.39 Å². The molecule has 0 bridgehead atoms. The fraction of sp³-hybridized carbons (Fsp3) is 0.167. The molecule has 1 atom stereocenters. The maximum atomic E-state index is 12.6. The second-order valence-corrected chi connectivity index (χ2v) is 3.88. The quantitative estimate of drug-likeness (QED) is 0.720. The summed E-state index contributed by atoms with van der Waals surface area (Å²) in [4.78, 5) is 0. The molecule has 0 saturated heterocycles. The Kier molecular flexibility index (Phi) is 3.07. The van der Waals surface area contributed by atoms with Gasteiger partial charge in [0.05, 0.1) is 17.9 Å². The van der Waals surface area contributed by atoms with Gasteiger partial charge in [0.1, 0.15) is 5.82 Å². The lowest BCUT2D eigenvalue weighted by molar-refractivity contribution is 0.563. The zero-order valence-electron chi connectivity index (χ0n) is 7.99. The molecule has 1 heterocycles. The number of halogens is 2. The van der Waals surface area contributed by atoms with Crippen LogP contribution in [0.2, 0.25) is 0 Å². The van der Waals surface area contributed by atoms with E-state index in [-0.39, 0.29) is 11.2 Å². The van der Waals surface area contributed by atoms with Gasteiger partial charge in [-0.15, -0.1) is 11.6 Å². The Morgan fingerprint density at radius 2 is 1.93 bits per heavy atom. The van der Waals surface area contributed by atoms with Gasteiger partial charge in [-0.25, -0.2) is 4.39 Å². The van der Waals surface area contributed by atoms with Crippen molar-refractivity contribution in [3.05, 3.63) is 59.8 Å². The molecular weight excluding hydrogens is 215 g/mol. The van der Waals surface area contributed by atoms with Gasteiger partial charge < -0.3 is 4.42 Å². The molecule has 0 aliphatic heterocycles. The van der Waals surface area contributed by atoms with Gasteiger partial charge in [0.25, 0.3) is 0 Å². The topological polar surface area (TPSA) is 13.1 Å². The summed E-state index contributed by atoms with van der Waals surface area (Å²) >= 11 is 6.17. The molecule has 0 amide bonds. The van der Waals surface area contributed by atoms with Crippen molar-refractivity contribution in [3.63, 3.8) is 0 Å². The highest BCUT2D eigenvalue weighted by Crippen LogP contribution is 2.25. The summed E-state index contributed by atoms with van der Waals surface area (Å²) in [5, 5.41) is -0.130. The summed E-state index contributed by atoms with van der Waals surface area (Å²) in [6.45, 7) is 0. The van der Waals surface area contributed by atoms with Crippen molar-refractivity contribution in [3.8, 4) is 0 Å². The smallest absolute Gasteiger partial charge is 0.123 e. The molecule has 78 valence electrons. The maximum Gasteiger partial charge on any atom is 0.123 e. The van der Waals surface area contributed by atoms with Gasteiger partial charge in [0.2, 0.25) is 0 Å². The zero-order chi connectivity index (χ0) is 10.7. The molecule has 2 rings (SSSR count). The average Bonchev–Trinajstić information content (AvgIpc) is 2.74. The van der Waals surface area contributed by atoms with Crippen LogP contribution >= 0.6 is 11.6 Å². The predicted molar refractivity (Wildman–Crippen MR) is 57.4 cm³/mol. The van der Waals surface area contributed by atoms with Gasteiger partial charge >= 0.3 is 0 Å². The standard InChI is InChI=1S/C12H10ClFO/c13-12(10-5-6-15-8-10)7-9-1-3-11(14)4-2-9/h1-6,8,12H,7H2. The van der Waals surface area contributed by atoms with Crippen LogP contribution in [0.15, 0.2) is 47.3 Å². The van der Waals surface area contributed by atoms with Crippen molar-refractivity contribution in [2.45, 2.75) is 11.8 Å². The van der Waals surface area contributed by atoms with Crippen LogP contribution < -0.4 is 0 Å². The van der Waals surface area contributed by atoms with Crippen LogP contribution in [0.1, 0.15) is 16.5 Å². The molecule has 1 unspecified atom stereocenters. The molecule has 2 aromatic rings. The van der Waals surface area contributed by atoms with Crippen LogP contribution in [0, 0.1) is 5.82 Å². The molecule has 0 N–H and O–H groups in total. The second kappa shape index (κ2) is 4.49. The van der Waals surface area contributed by atoms with Gasteiger partial charge in [-0.2, -0.15) is 0 Å². The van der Waals surface area contributed by atoms with E-state index in [1.54, 1.807) is 24.7 Å². The molecular formula is C12H10ClFO. The van der Waals surface area contributed by atoms with Crippen LogP contribution in [0.25, 0.3) is 0 Å².